The lowest BCUT2D eigenvalue weighted by Gasteiger charge is -2.21. The number of nitro groups is 1. The van der Waals surface area contributed by atoms with Gasteiger partial charge in [-0.2, -0.15) is 9.97 Å². The molecule has 1 N–H and O–H groups in total. The second kappa shape index (κ2) is 11.9. The second-order valence-corrected chi connectivity index (χ2v) is 10.8. The van der Waals surface area contributed by atoms with Crippen LogP contribution in [-0.2, 0) is 20.0 Å². The summed E-state index contributed by atoms with van der Waals surface area (Å²) >= 11 is 7.46. The Morgan fingerprint density at radius 1 is 1.08 bits per heavy atom. The van der Waals surface area contributed by atoms with Gasteiger partial charge in [0.2, 0.25) is 11.8 Å². The summed E-state index contributed by atoms with van der Waals surface area (Å²) in [7, 11) is 1.20. The molecule has 0 unspecified atom stereocenters. The molecule has 0 saturated carbocycles. The molecule has 3 aromatic rings. The Labute approximate surface area is 220 Å². The van der Waals surface area contributed by atoms with Crippen LogP contribution in [0, 0.1) is 10.1 Å². The third-order valence-corrected chi connectivity index (χ3v) is 8.38. The molecule has 0 aliphatic carbocycles. The molecule has 0 bridgehead atoms. The van der Waals surface area contributed by atoms with Gasteiger partial charge in [-0.1, -0.05) is 23.7 Å². The normalized spacial score (nSPS) is 11.3. The molecule has 0 atom stereocenters. The number of rotatable bonds is 11. The van der Waals surface area contributed by atoms with E-state index in [-0.39, 0.29) is 55.4 Å². The summed E-state index contributed by atoms with van der Waals surface area (Å²) in [5, 5.41) is 20.9. The van der Waals surface area contributed by atoms with Crippen molar-refractivity contribution in [3.8, 4) is 11.8 Å². The Balaban J connectivity index is 2.23. The van der Waals surface area contributed by atoms with E-state index >= 15 is 0 Å². The molecule has 196 valence electrons. The van der Waals surface area contributed by atoms with Crippen LogP contribution < -0.4 is 14.8 Å². The molecule has 0 aliphatic heterocycles. The van der Waals surface area contributed by atoms with E-state index in [0.717, 1.165) is 11.8 Å². The minimum atomic E-state index is -3.96. The Bertz CT molecular complexity index is 1360. The molecule has 0 fully saturated rings. The molecule has 37 heavy (non-hydrogen) atoms. The average molecular weight is 570 g/mol. The molecule has 0 aliphatic rings. The van der Waals surface area contributed by atoms with E-state index in [9.17, 15) is 24.6 Å². The number of benzene rings is 2. The van der Waals surface area contributed by atoms with Gasteiger partial charge in [-0.05, 0) is 35.4 Å². The number of carboxylic acid groups (broad SMARTS) is 1. The van der Waals surface area contributed by atoms with Crippen LogP contribution >= 0.6 is 31.0 Å². The Kier molecular flexibility index (Phi) is 9.11. The van der Waals surface area contributed by atoms with Gasteiger partial charge in [-0.15, -0.1) is 0 Å². The molecular formula is C22H21ClN3O9PS. The number of aromatic carboxylic acids is 1. The number of halogens is 1. The molecular weight excluding hydrogens is 549 g/mol. The monoisotopic (exact) mass is 569 g/mol. The van der Waals surface area contributed by atoms with E-state index in [1.165, 1.54) is 64.8 Å². The summed E-state index contributed by atoms with van der Waals surface area (Å²) in [5.74, 6) is -1.01. The van der Waals surface area contributed by atoms with Gasteiger partial charge in [0.15, 0.2) is 5.16 Å². The van der Waals surface area contributed by atoms with Gasteiger partial charge >= 0.3 is 13.6 Å². The number of carbonyl (C=O) groups is 1. The smallest absolute Gasteiger partial charge is 0.361 e. The predicted octanol–water partition coefficient (Wildman–Crippen LogP) is 4.61. The van der Waals surface area contributed by atoms with Crippen LogP contribution in [0.25, 0.3) is 0 Å². The first kappa shape index (κ1) is 28.4. The van der Waals surface area contributed by atoms with Gasteiger partial charge in [-0.25, -0.2) is 4.79 Å². The summed E-state index contributed by atoms with van der Waals surface area (Å²) in [5.41, 5.74) is 0.288. The van der Waals surface area contributed by atoms with Crippen molar-refractivity contribution >= 4 is 47.9 Å². The SMILES string of the molecule is COc1cc(OC)nc(Sc2cc(P(=O)(OC)OC)c(Cc3ccc([N+](=O)[O-])cc3)c(Cl)c2C(=O)O)n1. The molecule has 0 saturated heterocycles. The van der Waals surface area contributed by atoms with Crippen molar-refractivity contribution in [3.63, 3.8) is 0 Å². The third kappa shape index (κ3) is 6.20. The Morgan fingerprint density at radius 3 is 2.11 bits per heavy atom. The highest BCUT2D eigenvalue weighted by Gasteiger charge is 2.33. The fourth-order valence-corrected chi connectivity index (χ4v) is 6.14. The largest absolute Gasteiger partial charge is 0.481 e. The van der Waals surface area contributed by atoms with Crippen LogP contribution in [0.1, 0.15) is 21.5 Å². The van der Waals surface area contributed by atoms with E-state index in [4.69, 9.17) is 30.1 Å². The molecule has 3 rings (SSSR count). The minimum Gasteiger partial charge on any atom is -0.481 e. The highest BCUT2D eigenvalue weighted by molar-refractivity contribution is 7.99. The Hall–Kier alpha value is -3.22. The van der Waals surface area contributed by atoms with Crippen molar-refractivity contribution < 1.29 is 37.9 Å². The van der Waals surface area contributed by atoms with Crippen molar-refractivity contribution in [1.29, 1.82) is 0 Å². The molecule has 1 heterocycles. The van der Waals surface area contributed by atoms with Crippen LogP contribution in [0.15, 0.2) is 46.5 Å². The number of hydrogen-bond donors (Lipinski definition) is 1. The van der Waals surface area contributed by atoms with E-state index < -0.39 is 18.5 Å². The average Bonchev–Trinajstić information content (AvgIpc) is 2.89. The number of hydrogen-bond acceptors (Lipinski definition) is 11. The van der Waals surface area contributed by atoms with Gasteiger partial charge in [0.1, 0.15) is 0 Å². The molecule has 2 aromatic carbocycles. The van der Waals surface area contributed by atoms with Gasteiger partial charge < -0.3 is 23.6 Å². The van der Waals surface area contributed by atoms with Crippen molar-refractivity contribution in [3.05, 3.63) is 68.2 Å². The highest BCUT2D eigenvalue weighted by Crippen LogP contribution is 2.49. The summed E-state index contributed by atoms with van der Waals surface area (Å²) < 4.78 is 34.2. The standard InChI is InChI=1S/C22H21ClN3O9PS/c1-32-17-11-18(33-2)25-22(24-17)37-16-10-15(36(31,34-3)35-4)14(20(23)19(16)21(27)28)9-12-5-7-13(8-6-12)26(29)30/h5-8,10-11H,9H2,1-4H3,(H,27,28). The molecule has 12 nitrogen and oxygen atoms in total. The second-order valence-electron chi connectivity index (χ2n) is 7.17. The van der Waals surface area contributed by atoms with Crippen LogP contribution in [-0.4, -0.2) is 54.4 Å². The molecule has 0 radical (unpaired) electrons. The zero-order valence-electron chi connectivity index (χ0n) is 20.0. The van der Waals surface area contributed by atoms with Crippen molar-refractivity contribution in [2.75, 3.05) is 28.4 Å². The molecule has 0 spiro atoms. The number of nitrogens with zero attached hydrogens (tertiary/aromatic N) is 3. The topological polar surface area (TPSA) is 160 Å². The zero-order chi connectivity index (χ0) is 27.3. The van der Waals surface area contributed by atoms with Gasteiger partial charge in [0.25, 0.3) is 5.69 Å². The lowest BCUT2D eigenvalue weighted by molar-refractivity contribution is -0.384. The number of methoxy groups -OCH3 is 2. The first-order valence-corrected chi connectivity index (χ1v) is 13.0. The quantitative estimate of drug-likeness (QED) is 0.148. The maximum atomic E-state index is 13.5. The lowest BCUT2D eigenvalue weighted by Crippen LogP contribution is -2.18. The number of nitro benzene ring substituents is 1. The Morgan fingerprint density at radius 2 is 1.65 bits per heavy atom. The van der Waals surface area contributed by atoms with Gasteiger partial charge in [-0.3, -0.25) is 14.7 Å². The highest BCUT2D eigenvalue weighted by atomic mass is 35.5. The van der Waals surface area contributed by atoms with Crippen molar-refractivity contribution in [2.45, 2.75) is 16.5 Å². The van der Waals surface area contributed by atoms with Crippen LogP contribution in [0.5, 0.6) is 11.8 Å². The van der Waals surface area contributed by atoms with E-state index in [0.29, 0.717) is 5.56 Å². The van der Waals surface area contributed by atoms with Crippen molar-refractivity contribution in [2.24, 2.45) is 0 Å². The summed E-state index contributed by atoms with van der Waals surface area (Å²) in [4.78, 5) is 31.2. The number of non-ortho nitro benzene ring substituents is 1. The van der Waals surface area contributed by atoms with Crippen LogP contribution in [0.3, 0.4) is 0 Å². The van der Waals surface area contributed by atoms with Gasteiger partial charge in [0, 0.05) is 31.2 Å². The molecule has 0 amide bonds. The van der Waals surface area contributed by atoms with Crippen molar-refractivity contribution in [1.82, 2.24) is 9.97 Å². The summed E-state index contributed by atoms with van der Waals surface area (Å²) in [6.45, 7) is 0. The number of ether oxygens (including phenoxy) is 2. The fourth-order valence-electron chi connectivity index (χ4n) is 3.29. The summed E-state index contributed by atoms with van der Waals surface area (Å²) in [6.07, 6.45) is -0.0163. The van der Waals surface area contributed by atoms with E-state index in [1.807, 2.05) is 0 Å². The van der Waals surface area contributed by atoms with Gasteiger partial charge in [0.05, 0.1) is 41.1 Å². The fraction of sp³-hybridized carbons (Fsp3) is 0.227. The summed E-state index contributed by atoms with van der Waals surface area (Å²) in [6, 6.07) is 8.35. The third-order valence-electron chi connectivity index (χ3n) is 5.10. The van der Waals surface area contributed by atoms with Crippen LogP contribution in [0.4, 0.5) is 5.69 Å². The van der Waals surface area contributed by atoms with Crippen LogP contribution in [0.2, 0.25) is 5.02 Å². The molecule has 1 aromatic heterocycles. The van der Waals surface area contributed by atoms with E-state index in [2.05, 4.69) is 9.97 Å². The lowest BCUT2D eigenvalue weighted by atomic mass is 10.0. The predicted molar refractivity (Wildman–Crippen MR) is 135 cm³/mol. The molecule has 15 heteroatoms. The number of aromatic nitrogens is 2. The first-order chi connectivity index (χ1) is 17.6. The zero-order valence-corrected chi connectivity index (χ0v) is 22.4. The maximum Gasteiger partial charge on any atom is 0.361 e. The number of carboxylic acids is 1. The first-order valence-electron chi connectivity index (χ1n) is 10.3. The minimum absolute atomic E-state index is 0.0163. The van der Waals surface area contributed by atoms with E-state index in [1.54, 1.807) is 0 Å². The maximum absolute atomic E-state index is 13.5.